The van der Waals surface area contributed by atoms with Crippen LogP contribution in [0.4, 0.5) is 0 Å². The summed E-state index contributed by atoms with van der Waals surface area (Å²) in [5, 5.41) is 25.0. The van der Waals surface area contributed by atoms with Crippen LogP contribution in [0.2, 0.25) is 0 Å². The van der Waals surface area contributed by atoms with Crippen LogP contribution in [-0.4, -0.2) is 68.5 Å². The number of aromatic amines is 2. The monoisotopic (exact) mass is 642 g/mol. The molecule has 242 valence electrons. The number of benzene rings is 3. The smallest absolute Gasteiger partial charge is 0.343 e. The van der Waals surface area contributed by atoms with Gasteiger partial charge >= 0.3 is 17.9 Å². The van der Waals surface area contributed by atoms with Crippen LogP contribution >= 0.6 is 0 Å². The number of aryl methyl sites for hydroxylation is 2. The van der Waals surface area contributed by atoms with Gasteiger partial charge in [-0.05, 0) is 67.9 Å². The van der Waals surface area contributed by atoms with E-state index < -0.39 is 34.9 Å². The van der Waals surface area contributed by atoms with E-state index in [1.54, 1.807) is 38.1 Å². The first kappa shape index (κ1) is 32.1. The van der Waals surface area contributed by atoms with Crippen molar-refractivity contribution in [2.24, 2.45) is 0 Å². The van der Waals surface area contributed by atoms with Gasteiger partial charge in [0, 0.05) is 17.3 Å². The van der Waals surface area contributed by atoms with Gasteiger partial charge in [0.25, 0.3) is 11.1 Å². The van der Waals surface area contributed by atoms with Crippen molar-refractivity contribution in [1.29, 1.82) is 0 Å². The van der Waals surface area contributed by atoms with E-state index in [9.17, 15) is 34.2 Å². The van der Waals surface area contributed by atoms with Crippen LogP contribution in [0.5, 0.6) is 11.5 Å². The molecule has 0 spiro atoms. The largest absolute Gasteiger partial charge is 0.493 e. The molecule has 0 atom stereocenters. The number of methoxy groups -OCH3 is 2. The second-order valence-electron chi connectivity index (χ2n) is 10.5. The van der Waals surface area contributed by atoms with E-state index in [-0.39, 0.29) is 51.7 Å². The summed E-state index contributed by atoms with van der Waals surface area (Å²) in [6, 6.07) is 16.4. The minimum Gasteiger partial charge on any atom is -0.493 e. The number of carbonyl (C=O) groups is 3. The van der Waals surface area contributed by atoms with E-state index >= 15 is 0 Å². The number of rotatable bonds is 11. The van der Waals surface area contributed by atoms with Crippen LogP contribution in [0.15, 0.2) is 76.3 Å². The number of H-pyrrole nitrogens is 2. The van der Waals surface area contributed by atoms with Crippen molar-refractivity contribution in [3.8, 4) is 22.9 Å². The Morgan fingerprint density at radius 3 is 1.70 bits per heavy atom. The van der Waals surface area contributed by atoms with E-state index in [1.807, 2.05) is 0 Å². The van der Waals surface area contributed by atoms with Gasteiger partial charge in [-0.2, -0.15) is 0 Å². The number of hydrogen-bond acceptors (Lipinski definition) is 8. The Balaban J connectivity index is 1.74. The first-order chi connectivity index (χ1) is 22.4. The highest BCUT2D eigenvalue weighted by molar-refractivity contribution is 5.88. The zero-order valence-electron chi connectivity index (χ0n) is 25.7. The SMILES string of the molecule is COC(=O)COc1ccc(C(c2c(C)[nH]n(-c3cccc(C(=O)O)c3)c2=O)c2c(C)[nH]n(-c3cccc(C(=O)O)c3)c2=O)cc1OC. The number of nitrogens with one attached hydrogen (secondary N) is 2. The summed E-state index contributed by atoms with van der Waals surface area (Å²) in [4.78, 5) is 63.4. The quantitative estimate of drug-likeness (QED) is 0.155. The maximum absolute atomic E-state index is 14.2. The maximum atomic E-state index is 14.2. The molecule has 3 aromatic carbocycles. The molecule has 0 saturated heterocycles. The maximum Gasteiger partial charge on any atom is 0.343 e. The molecule has 2 aromatic heterocycles. The van der Waals surface area contributed by atoms with Crippen LogP contribution in [0.1, 0.15) is 54.7 Å². The van der Waals surface area contributed by atoms with Gasteiger partial charge in [-0.25, -0.2) is 23.7 Å². The summed E-state index contributed by atoms with van der Waals surface area (Å²) in [6.07, 6.45) is 0. The zero-order chi connectivity index (χ0) is 34.0. The molecule has 0 aliphatic heterocycles. The fraction of sp³-hybridized carbons (Fsp3) is 0.182. The second-order valence-corrected chi connectivity index (χ2v) is 10.5. The molecule has 4 N–H and O–H groups in total. The topological polar surface area (TPSA) is 195 Å². The standard InChI is InChI=1S/C33H30N4O10/c1-17-27(30(39)36(34-17)22-9-5-7-20(13-22)32(41)42)29(19-11-12-24(25(15-19)45-3)47-16-26(38)46-4)28-18(2)35-37(31(28)40)23-10-6-8-21(14-23)33(43)44/h5-15,29,34-35H,16H2,1-4H3,(H,41,42)(H,43,44). The lowest BCUT2D eigenvalue weighted by Gasteiger charge is -2.18. The molecule has 0 radical (unpaired) electrons. The number of esters is 1. The zero-order valence-corrected chi connectivity index (χ0v) is 25.7. The molecule has 14 nitrogen and oxygen atoms in total. The number of hydrogen-bond donors (Lipinski definition) is 4. The van der Waals surface area contributed by atoms with Crippen LogP contribution in [0, 0.1) is 13.8 Å². The van der Waals surface area contributed by atoms with E-state index in [0.29, 0.717) is 17.0 Å². The molecular weight excluding hydrogens is 612 g/mol. The Labute approximate surface area is 266 Å². The van der Waals surface area contributed by atoms with Crippen molar-refractivity contribution < 1.29 is 38.8 Å². The Kier molecular flexibility index (Phi) is 8.85. The Morgan fingerprint density at radius 1 is 0.745 bits per heavy atom. The van der Waals surface area contributed by atoms with Crippen LogP contribution in [0.3, 0.4) is 0 Å². The number of aromatic carboxylic acids is 2. The third-order valence-corrected chi connectivity index (χ3v) is 7.61. The number of carboxylic acids is 2. The molecule has 2 heterocycles. The molecule has 0 bridgehead atoms. The molecule has 5 rings (SSSR count). The van der Waals surface area contributed by atoms with Crippen molar-refractivity contribution in [2.45, 2.75) is 19.8 Å². The van der Waals surface area contributed by atoms with E-state index in [4.69, 9.17) is 9.47 Å². The molecule has 5 aromatic rings. The summed E-state index contributed by atoms with van der Waals surface area (Å²) in [7, 11) is 2.62. The molecule has 0 fully saturated rings. The van der Waals surface area contributed by atoms with E-state index in [2.05, 4.69) is 14.9 Å². The minimum absolute atomic E-state index is 0.0278. The van der Waals surface area contributed by atoms with Gasteiger partial charge in [-0.15, -0.1) is 0 Å². The third kappa shape index (κ3) is 6.16. The molecule has 0 aliphatic carbocycles. The number of ether oxygens (including phenoxy) is 3. The average molecular weight is 643 g/mol. The Morgan fingerprint density at radius 2 is 1.26 bits per heavy atom. The predicted molar refractivity (Wildman–Crippen MR) is 168 cm³/mol. The molecular formula is C33H30N4O10. The molecule has 0 saturated carbocycles. The van der Waals surface area contributed by atoms with E-state index in [0.717, 1.165) is 0 Å². The van der Waals surface area contributed by atoms with Crippen LogP contribution in [-0.2, 0) is 9.53 Å². The lowest BCUT2D eigenvalue weighted by molar-refractivity contribution is -0.142. The predicted octanol–water partition coefficient (Wildman–Crippen LogP) is 3.40. The summed E-state index contributed by atoms with van der Waals surface area (Å²) in [5.74, 6) is -3.54. The Hall–Kier alpha value is -6.31. The molecule has 0 amide bonds. The first-order valence-corrected chi connectivity index (χ1v) is 14.1. The lowest BCUT2D eigenvalue weighted by Crippen LogP contribution is -2.25. The van der Waals surface area contributed by atoms with E-state index in [1.165, 1.54) is 66.0 Å². The van der Waals surface area contributed by atoms with Crippen molar-refractivity contribution in [1.82, 2.24) is 19.6 Å². The molecule has 47 heavy (non-hydrogen) atoms. The lowest BCUT2D eigenvalue weighted by atomic mass is 9.85. The molecule has 0 unspecified atom stereocenters. The fourth-order valence-corrected chi connectivity index (χ4v) is 5.37. The van der Waals surface area contributed by atoms with Gasteiger partial charge < -0.3 is 24.4 Å². The number of carboxylic acid groups (broad SMARTS) is 2. The molecule has 0 aliphatic rings. The average Bonchev–Trinajstić information content (AvgIpc) is 3.53. The van der Waals surface area contributed by atoms with Gasteiger partial charge in [0.05, 0.1) is 47.8 Å². The first-order valence-electron chi connectivity index (χ1n) is 14.1. The number of carbonyl (C=O) groups excluding carboxylic acids is 1. The van der Waals surface area contributed by atoms with Gasteiger partial charge in [0.2, 0.25) is 0 Å². The second kappa shape index (κ2) is 13.0. The van der Waals surface area contributed by atoms with Crippen molar-refractivity contribution >= 4 is 17.9 Å². The van der Waals surface area contributed by atoms with Crippen molar-refractivity contribution in [2.75, 3.05) is 20.8 Å². The summed E-state index contributed by atoms with van der Waals surface area (Å²) < 4.78 is 18.2. The van der Waals surface area contributed by atoms with Gasteiger partial charge in [-0.1, -0.05) is 18.2 Å². The molecule has 14 heteroatoms. The van der Waals surface area contributed by atoms with Crippen LogP contribution < -0.4 is 20.6 Å². The van der Waals surface area contributed by atoms with Crippen molar-refractivity contribution in [3.05, 3.63) is 127 Å². The summed E-state index contributed by atoms with van der Waals surface area (Å²) >= 11 is 0. The highest BCUT2D eigenvalue weighted by Gasteiger charge is 2.32. The Bertz CT molecular complexity index is 2020. The summed E-state index contributed by atoms with van der Waals surface area (Å²) in [6.45, 7) is 2.93. The summed E-state index contributed by atoms with van der Waals surface area (Å²) in [5.41, 5.74) is 0.989. The minimum atomic E-state index is -1.17. The third-order valence-electron chi connectivity index (χ3n) is 7.61. The highest BCUT2D eigenvalue weighted by atomic mass is 16.6. The van der Waals surface area contributed by atoms with Gasteiger partial charge in [0.15, 0.2) is 18.1 Å². The van der Waals surface area contributed by atoms with Gasteiger partial charge in [0.1, 0.15) is 0 Å². The van der Waals surface area contributed by atoms with Gasteiger partial charge in [-0.3, -0.25) is 19.8 Å². The number of aromatic nitrogens is 4. The van der Waals surface area contributed by atoms with Crippen molar-refractivity contribution in [3.63, 3.8) is 0 Å². The highest BCUT2D eigenvalue weighted by Crippen LogP contribution is 2.37. The normalized spacial score (nSPS) is 11.0. The van der Waals surface area contributed by atoms with Crippen LogP contribution in [0.25, 0.3) is 11.4 Å². The number of nitrogens with zero attached hydrogens (tertiary/aromatic N) is 2. The fourth-order valence-electron chi connectivity index (χ4n) is 5.37.